The van der Waals surface area contributed by atoms with Crippen molar-refractivity contribution >= 4 is 17.3 Å². The number of hydrogen-bond acceptors (Lipinski definition) is 4. The van der Waals surface area contributed by atoms with E-state index in [4.69, 9.17) is 6.42 Å². The maximum atomic E-state index is 12.7. The molecule has 1 amide bonds. The topological polar surface area (TPSA) is 38.8 Å². The molecule has 0 bridgehead atoms. The zero-order valence-electron chi connectivity index (χ0n) is 19.8. The number of anilines is 2. The number of aryl methyl sites for hydroxylation is 1. The predicted molar refractivity (Wildman–Crippen MR) is 137 cm³/mol. The maximum Gasteiger partial charge on any atom is 0.222 e. The molecule has 0 spiro atoms. The van der Waals surface area contributed by atoms with Crippen LogP contribution in [0.2, 0.25) is 0 Å². The molecule has 5 heteroatoms. The number of benzene rings is 2. The van der Waals surface area contributed by atoms with Crippen molar-refractivity contribution in [1.29, 1.82) is 0 Å². The molecule has 0 radical (unpaired) electrons. The number of likely N-dealkylation sites (tertiary alicyclic amines) is 1. The molecule has 2 heterocycles. The second-order valence-corrected chi connectivity index (χ2v) is 9.29. The Balaban J connectivity index is 1.12. The van der Waals surface area contributed by atoms with E-state index in [1.54, 1.807) is 0 Å². The normalized spacial score (nSPS) is 17.6. The molecule has 0 unspecified atom stereocenters. The number of amides is 1. The summed E-state index contributed by atoms with van der Waals surface area (Å²) in [6.45, 7) is 9.06. The standard InChI is InChI=1S/C28H36N4O/c1-3-24-6-4-7-26(22-24)29-25-13-16-32(17-14-25)28(33)8-5-15-30-18-20-31(21-19-30)27-11-9-23(2)10-12-27/h1,4,6-7,9-12,22,25,29H,5,8,13-21H2,2H3. The van der Waals surface area contributed by atoms with Crippen LogP contribution in [0.5, 0.6) is 0 Å². The van der Waals surface area contributed by atoms with Gasteiger partial charge >= 0.3 is 0 Å². The smallest absolute Gasteiger partial charge is 0.222 e. The quantitative estimate of drug-likeness (QED) is 0.656. The SMILES string of the molecule is C#Cc1cccc(NC2CCN(C(=O)CCCN3CCN(c4ccc(C)cc4)CC3)CC2)c1. The fourth-order valence-corrected chi connectivity index (χ4v) is 4.80. The fraction of sp³-hybridized carbons (Fsp3) is 0.464. The van der Waals surface area contributed by atoms with Crippen LogP contribution in [0, 0.1) is 19.3 Å². The highest BCUT2D eigenvalue weighted by Gasteiger charge is 2.23. The van der Waals surface area contributed by atoms with E-state index in [1.165, 1.54) is 11.3 Å². The summed E-state index contributed by atoms with van der Waals surface area (Å²) in [6, 6.07) is 17.2. The molecule has 33 heavy (non-hydrogen) atoms. The van der Waals surface area contributed by atoms with Gasteiger partial charge in [0.25, 0.3) is 0 Å². The number of piperazine rings is 1. The van der Waals surface area contributed by atoms with Gasteiger partial charge in [0.2, 0.25) is 5.91 Å². The van der Waals surface area contributed by atoms with Crippen LogP contribution in [0.15, 0.2) is 48.5 Å². The number of nitrogens with one attached hydrogen (secondary N) is 1. The highest BCUT2D eigenvalue weighted by molar-refractivity contribution is 5.76. The third-order valence-corrected chi connectivity index (χ3v) is 6.88. The molecule has 5 nitrogen and oxygen atoms in total. The highest BCUT2D eigenvalue weighted by atomic mass is 16.2. The van der Waals surface area contributed by atoms with Crippen molar-refractivity contribution in [1.82, 2.24) is 9.80 Å². The second-order valence-electron chi connectivity index (χ2n) is 9.29. The van der Waals surface area contributed by atoms with E-state index < -0.39 is 0 Å². The van der Waals surface area contributed by atoms with Crippen molar-refractivity contribution in [3.63, 3.8) is 0 Å². The minimum atomic E-state index is 0.307. The van der Waals surface area contributed by atoms with Crippen LogP contribution in [-0.4, -0.2) is 67.6 Å². The fourth-order valence-electron chi connectivity index (χ4n) is 4.80. The molecule has 2 aliphatic heterocycles. The molecule has 2 fully saturated rings. The largest absolute Gasteiger partial charge is 0.382 e. The van der Waals surface area contributed by atoms with E-state index in [-0.39, 0.29) is 0 Å². The summed E-state index contributed by atoms with van der Waals surface area (Å²) in [5.74, 6) is 2.99. The van der Waals surface area contributed by atoms with Gasteiger partial charge in [-0.15, -0.1) is 6.42 Å². The first kappa shape index (κ1) is 23.2. The van der Waals surface area contributed by atoms with Gasteiger partial charge in [-0.1, -0.05) is 29.7 Å². The van der Waals surface area contributed by atoms with Crippen LogP contribution < -0.4 is 10.2 Å². The molecule has 2 aliphatic rings. The van der Waals surface area contributed by atoms with Gasteiger partial charge in [0.15, 0.2) is 0 Å². The van der Waals surface area contributed by atoms with Gasteiger partial charge < -0.3 is 15.1 Å². The molecule has 4 rings (SSSR count). The van der Waals surface area contributed by atoms with Crippen molar-refractivity contribution in [2.24, 2.45) is 0 Å². The number of piperidine rings is 1. The summed E-state index contributed by atoms with van der Waals surface area (Å²) in [4.78, 5) is 19.7. The van der Waals surface area contributed by atoms with Crippen molar-refractivity contribution in [2.75, 3.05) is 56.0 Å². The number of carbonyl (C=O) groups excluding carboxylic acids is 1. The van der Waals surface area contributed by atoms with Gasteiger partial charge in [-0.3, -0.25) is 9.69 Å². The molecule has 0 saturated carbocycles. The van der Waals surface area contributed by atoms with Crippen LogP contribution in [0.25, 0.3) is 0 Å². The molecule has 0 aromatic heterocycles. The Morgan fingerprint density at radius 3 is 2.45 bits per heavy atom. The van der Waals surface area contributed by atoms with E-state index in [0.717, 1.165) is 76.3 Å². The first-order chi connectivity index (χ1) is 16.1. The Morgan fingerprint density at radius 1 is 1.03 bits per heavy atom. The Labute approximate surface area is 198 Å². The third kappa shape index (κ3) is 6.52. The summed E-state index contributed by atoms with van der Waals surface area (Å²) >= 11 is 0. The summed E-state index contributed by atoms with van der Waals surface area (Å²) in [7, 11) is 0. The van der Waals surface area contributed by atoms with Gasteiger partial charge in [-0.05, 0) is 63.1 Å². The van der Waals surface area contributed by atoms with Crippen molar-refractivity contribution in [3.05, 3.63) is 59.7 Å². The lowest BCUT2D eigenvalue weighted by molar-refractivity contribution is -0.132. The average Bonchev–Trinajstić information content (AvgIpc) is 2.85. The van der Waals surface area contributed by atoms with Gasteiger partial charge in [0, 0.05) is 68.7 Å². The summed E-state index contributed by atoms with van der Waals surface area (Å²) < 4.78 is 0. The lowest BCUT2D eigenvalue weighted by atomic mass is 10.0. The van der Waals surface area contributed by atoms with Crippen molar-refractivity contribution in [2.45, 2.75) is 38.6 Å². The Bertz CT molecular complexity index is 949. The number of carbonyl (C=O) groups is 1. The van der Waals surface area contributed by atoms with Crippen LogP contribution in [0.3, 0.4) is 0 Å². The molecular weight excluding hydrogens is 408 g/mol. The van der Waals surface area contributed by atoms with E-state index in [2.05, 4.69) is 58.3 Å². The highest BCUT2D eigenvalue weighted by Crippen LogP contribution is 2.19. The molecule has 2 aromatic rings. The zero-order chi connectivity index (χ0) is 23.0. The summed E-state index contributed by atoms with van der Waals surface area (Å²) in [5, 5.41) is 3.58. The lowest BCUT2D eigenvalue weighted by Crippen LogP contribution is -2.47. The van der Waals surface area contributed by atoms with Crippen molar-refractivity contribution < 1.29 is 4.79 Å². The summed E-state index contributed by atoms with van der Waals surface area (Å²) in [5.41, 5.74) is 4.58. The van der Waals surface area contributed by atoms with Gasteiger partial charge in [-0.25, -0.2) is 0 Å². The molecule has 174 valence electrons. The predicted octanol–water partition coefficient (Wildman–Crippen LogP) is 3.98. The average molecular weight is 445 g/mol. The van der Waals surface area contributed by atoms with Crippen LogP contribution >= 0.6 is 0 Å². The van der Waals surface area contributed by atoms with E-state index in [9.17, 15) is 4.79 Å². The third-order valence-electron chi connectivity index (χ3n) is 6.88. The van der Waals surface area contributed by atoms with Gasteiger partial charge in [-0.2, -0.15) is 0 Å². The van der Waals surface area contributed by atoms with Crippen LogP contribution in [-0.2, 0) is 4.79 Å². The van der Waals surface area contributed by atoms with E-state index in [1.807, 2.05) is 23.1 Å². The maximum absolute atomic E-state index is 12.7. The number of nitrogens with zero attached hydrogens (tertiary/aromatic N) is 3. The first-order valence-corrected chi connectivity index (χ1v) is 12.3. The number of rotatable bonds is 7. The van der Waals surface area contributed by atoms with E-state index >= 15 is 0 Å². The summed E-state index contributed by atoms with van der Waals surface area (Å²) in [6.07, 6.45) is 9.05. The zero-order valence-corrected chi connectivity index (χ0v) is 19.8. The monoisotopic (exact) mass is 444 g/mol. The van der Waals surface area contributed by atoms with Crippen LogP contribution in [0.4, 0.5) is 11.4 Å². The molecule has 1 N–H and O–H groups in total. The van der Waals surface area contributed by atoms with Gasteiger partial charge in [0.05, 0.1) is 0 Å². The number of hydrogen-bond donors (Lipinski definition) is 1. The minimum Gasteiger partial charge on any atom is -0.382 e. The van der Waals surface area contributed by atoms with Gasteiger partial charge in [0.1, 0.15) is 0 Å². The van der Waals surface area contributed by atoms with E-state index in [0.29, 0.717) is 18.4 Å². The lowest BCUT2D eigenvalue weighted by Gasteiger charge is -2.36. The second kappa shape index (κ2) is 11.2. The minimum absolute atomic E-state index is 0.307. The molecule has 2 aromatic carbocycles. The Hall–Kier alpha value is -2.97. The number of terminal acetylenes is 1. The molecular formula is C28H36N4O. The Kier molecular flexibility index (Phi) is 7.91. The van der Waals surface area contributed by atoms with Crippen LogP contribution in [0.1, 0.15) is 36.8 Å². The molecule has 0 aliphatic carbocycles. The molecule has 2 saturated heterocycles. The van der Waals surface area contributed by atoms with Crippen molar-refractivity contribution in [3.8, 4) is 12.3 Å². The Morgan fingerprint density at radius 2 is 1.76 bits per heavy atom. The first-order valence-electron chi connectivity index (χ1n) is 12.3. The molecule has 0 atom stereocenters.